The van der Waals surface area contributed by atoms with E-state index in [1.165, 1.54) is 6.07 Å². The molecule has 8 heteroatoms. The molecule has 1 aliphatic carbocycles. The maximum absolute atomic E-state index is 12.5. The zero-order valence-corrected chi connectivity index (χ0v) is 14.2. The predicted molar refractivity (Wildman–Crippen MR) is 82.4 cm³/mol. The van der Waals surface area contributed by atoms with Crippen molar-refractivity contribution in [3.05, 3.63) is 16.0 Å². The summed E-state index contributed by atoms with van der Waals surface area (Å²) in [5, 5.41) is 9.53. The second kappa shape index (κ2) is 5.87. The van der Waals surface area contributed by atoms with Crippen molar-refractivity contribution in [2.75, 3.05) is 0 Å². The summed E-state index contributed by atoms with van der Waals surface area (Å²) in [5.41, 5.74) is -0.746. The number of carboxylic acids is 1. The van der Waals surface area contributed by atoms with Gasteiger partial charge >= 0.3 is 5.97 Å². The number of halogens is 1. The maximum Gasteiger partial charge on any atom is 0.324 e. The van der Waals surface area contributed by atoms with Gasteiger partial charge in [-0.1, -0.05) is 31.4 Å². The van der Waals surface area contributed by atoms with Crippen LogP contribution in [0.5, 0.6) is 0 Å². The number of aryl methyl sites for hydroxylation is 1. The van der Waals surface area contributed by atoms with Crippen LogP contribution in [0, 0.1) is 12.8 Å². The summed E-state index contributed by atoms with van der Waals surface area (Å²) in [5.74, 6) is -0.941. The molecular formula is C13H18ClNO4S2. The lowest BCUT2D eigenvalue weighted by Crippen LogP contribution is -2.56. The van der Waals surface area contributed by atoms with Gasteiger partial charge in [0.1, 0.15) is 9.75 Å². The second-order valence-electron chi connectivity index (χ2n) is 5.72. The van der Waals surface area contributed by atoms with E-state index < -0.39 is 21.5 Å². The van der Waals surface area contributed by atoms with Crippen molar-refractivity contribution in [1.82, 2.24) is 4.72 Å². The van der Waals surface area contributed by atoms with Crippen LogP contribution in [0.1, 0.15) is 38.2 Å². The fraction of sp³-hybridized carbons (Fsp3) is 0.615. The third-order valence-electron chi connectivity index (χ3n) is 3.84. The first-order valence-electron chi connectivity index (χ1n) is 6.69. The largest absolute Gasteiger partial charge is 0.480 e. The summed E-state index contributed by atoms with van der Waals surface area (Å²) in [6.07, 6.45) is 2.23. The minimum Gasteiger partial charge on any atom is -0.480 e. The normalized spacial score (nSPS) is 26.7. The van der Waals surface area contributed by atoms with Crippen LogP contribution in [0.4, 0.5) is 0 Å². The van der Waals surface area contributed by atoms with Crippen molar-refractivity contribution in [1.29, 1.82) is 0 Å². The number of rotatable bonds is 4. The first kappa shape index (κ1) is 16.7. The number of carbonyl (C=O) groups is 1. The van der Waals surface area contributed by atoms with Crippen molar-refractivity contribution in [2.45, 2.75) is 49.3 Å². The molecule has 0 aliphatic heterocycles. The molecule has 0 aromatic carbocycles. The van der Waals surface area contributed by atoms with Crippen molar-refractivity contribution in [3.63, 3.8) is 0 Å². The number of hydrogen-bond acceptors (Lipinski definition) is 4. The molecule has 21 heavy (non-hydrogen) atoms. The lowest BCUT2D eigenvalue weighted by atomic mass is 9.77. The van der Waals surface area contributed by atoms with E-state index in [4.69, 9.17) is 11.6 Å². The summed E-state index contributed by atoms with van der Waals surface area (Å²) in [4.78, 5) is 11.7. The molecule has 118 valence electrons. The molecule has 1 saturated carbocycles. The first-order valence-corrected chi connectivity index (χ1v) is 9.37. The molecule has 2 atom stereocenters. The Labute approximate surface area is 133 Å². The lowest BCUT2D eigenvalue weighted by Gasteiger charge is -2.36. The van der Waals surface area contributed by atoms with Crippen LogP contribution in [-0.4, -0.2) is 25.0 Å². The molecular weight excluding hydrogens is 334 g/mol. The van der Waals surface area contributed by atoms with Crippen molar-refractivity contribution in [3.8, 4) is 0 Å². The van der Waals surface area contributed by atoms with Crippen LogP contribution < -0.4 is 4.72 Å². The van der Waals surface area contributed by atoms with Crippen LogP contribution in [0.25, 0.3) is 0 Å². The van der Waals surface area contributed by atoms with Crippen LogP contribution in [0.2, 0.25) is 4.34 Å². The van der Waals surface area contributed by atoms with Gasteiger partial charge in [0, 0.05) is 0 Å². The van der Waals surface area contributed by atoms with Gasteiger partial charge in [-0.25, -0.2) is 8.42 Å². The highest BCUT2D eigenvalue weighted by Crippen LogP contribution is 2.36. The highest BCUT2D eigenvalue weighted by molar-refractivity contribution is 7.91. The summed E-state index contributed by atoms with van der Waals surface area (Å²) in [7, 11) is -3.89. The standard InChI is InChI=1S/C13H18ClNO4S2/c1-8-4-3-5-13(7-8,12(16)17)15-21(18,19)10-6-9(2)11(14)20-10/h6,8,15H,3-5,7H2,1-2H3,(H,16,17). The second-order valence-corrected chi connectivity index (χ2v) is 9.28. The number of nitrogens with one attached hydrogen (secondary N) is 1. The van der Waals surface area contributed by atoms with E-state index in [2.05, 4.69) is 4.72 Å². The summed E-state index contributed by atoms with van der Waals surface area (Å²) in [6, 6.07) is 1.47. The minimum atomic E-state index is -3.89. The quantitative estimate of drug-likeness (QED) is 0.873. The Hall–Kier alpha value is -0.630. The Morgan fingerprint density at radius 2 is 2.24 bits per heavy atom. The van der Waals surface area contributed by atoms with Gasteiger partial charge < -0.3 is 5.11 Å². The Morgan fingerprint density at radius 3 is 2.71 bits per heavy atom. The van der Waals surface area contributed by atoms with E-state index in [0.29, 0.717) is 29.2 Å². The van der Waals surface area contributed by atoms with Gasteiger partial charge in [-0.05, 0) is 37.3 Å². The van der Waals surface area contributed by atoms with Gasteiger partial charge in [0.15, 0.2) is 0 Å². The molecule has 1 aromatic rings. The molecule has 0 saturated heterocycles. The highest BCUT2D eigenvalue weighted by Gasteiger charge is 2.45. The maximum atomic E-state index is 12.5. The molecule has 0 radical (unpaired) electrons. The van der Waals surface area contributed by atoms with Crippen LogP contribution in [0.3, 0.4) is 0 Å². The average Bonchev–Trinajstić information content (AvgIpc) is 2.69. The average molecular weight is 352 g/mol. The van der Waals surface area contributed by atoms with Crippen LogP contribution >= 0.6 is 22.9 Å². The third kappa shape index (κ3) is 3.41. The summed E-state index contributed by atoms with van der Waals surface area (Å²) < 4.78 is 27.8. The van der Waals surface area contributed by atoms with E-state index in [-0.39, 0.29) is 10.1 Å². The lowest BCUT2D eigenvalue weighted by molar-refractivity contribution is -0.146. The fourth-order valence-corrected chi connectivity index (χ4v) is 5.86. The number of sulfonamides is 1. The SMILES string of the molecule is Cc1cc(S(=O)(=O)NC2(C(=O)O)CCCC(C)C2)sc1Cl. The zero-order valence-electron chi connectivity index (χ0n) is 11.8. The van der Waals surface area contributed by atoms with Crippen molar-refractivity contribution >= 4 is 38.9 Å². The predicted octanol–water partition coefficient (Wildman–Crippen LogP) is 3.02. The molecule has 0 bridgehead atoms. The van der Waals surface area contributed by atoms with Crippen molar-refractivity contribution in [2.24, 2.45) is 5.92 Å². The zero-order chi connectivity index (χ0) is 15.8. The third-order valence-corrected chi connectivity index (χ3v) is 7.40. The first-order chi connectivity index (χ1) is 9.66. The Bertz CT molecular complexity index is 636. The van der Waals surface area contributed by atoms with Crippen LogP contribution in [0.15, 0.2) is 10.3 Å². The Balaban J connectivity index is 2.34. The van der Waals surface area contributed by atoms with Crippen LogP contribution in [-0.2, 0) is 14.8 Å². The van der Waals surface area contributed by atoms with Crippen molar-refractivity contribution < 1.29 is 18.3 Å². The molecule has 1 fully saturated rings. The number of hydrogen-bond donors (Lipinski definition) is 2. The summed E-state index contributed by atoms with van der Waals surface area (Å²) in [6.45, 7) is 3.66. The highest BCUT2D eigenvalue weighted by atomic mass is 35.5. The van der Waals surface area contributed by atoms with E-state index in [1.807, 2.05) is 6.92 Å². The van der Waals surface area contributed by atoms with E-state index >= 15 is 0 Å². The molecule has 5 nitrogen and oxygen atoms in total. The van der Waals surface area contributed by atoms with E-state index in [9.17, 15) is 18.3 Å². The van der Waals surface area contributed by atoms with Gasteiger partial charge in [-0.3, -0.25) is 4.79 Å². The van der Waals surface area contributed by atoms with Gasteiger partial charge in [-0.15, -0.1) is 11.3 Å². The number of thiophene rings is 1. The van der Waals surface area contributed by atoms with Gasteiger partial charge in [0.05, 0.1) is 4.34 Å². The topological polar surface area (TPSA) is 83.5 Å². The molecule has 2 rings (SSSR count). The van der Waals surface area contributed by atoms with E-state index in [1.54, 1.807) is 6.92 Å². The molecule has 2 unspecified atom stereocenters. The minimum absolute atomic E-state index is 0.0591. The monoisotopic (exact) mass is 351 g/mol. The van der Waals surface area contributed by atoms with Gasteiger partial charge in [0.25, 0.3) is 10.0 Å². The molecule has 0 amide bonds. The summed E-state index contributed by atoms with van der Waals surface area (Å²) >= 11 is 6.85. The smallest absolute Gasteiger partial charge is 0.324 e. The fourth-order valence-electron chi connectivity index (χ4n) is 2.75. The van der Waals surface area contributed by atoms with Gasteiger partial charge in [-0.2, -0.15) is 4.72 Å². The molecule has 1 aromatic heterocycles. The molecule has 2 N–H and O–H groups in total. The number of aliphatic carboxylic acids is 1. The molecule has 1 aliphatic rings. The Morgan fingerprint density at radius 1 is 1.57 bits per heavy atom. The van der Waals surface area contributed by atoms with Gasteiger partial charge in [0.2, 0.25) is 0 Å². The van der Waals surface area contributed by atoms with E-state index in [0.717, 1.165) is 17.8 Å². The Kier molecular flexibility index (Phi) is 4.68. The molecule has 0 spiro atoms. The molecule has 1 heterocycles. The number of carboxylic acid groups (broad SMARTS) is 1.